The van der Waals surface area contributed by atoms with E-state index in [-0.39, 0.29) is 11.5 Å². The number of hydrogen-bond acceptors (Lipinski definition) is 5. The monoisotopic (exact) mass is 455 g/mol. The normalized spacial score (nSPS) is 13.8. The van der Waals surface area contributed by atoms with Gasteiger partial charge in [-0.15, -0.1) is 0 Å². The molecule has 1 aromatic heterocycles. The molecule has 0 amide bonds. The SMILES string of the molecule is COc1ccc2c(c1)c(/C=C1/Oc3c(ccc(OCc4ccccc4OC)c3C)C1=O)cn2C. The van der Waals surface area contributed by atoms with Gasteiger partial charge in [0.15, 0.2) is 5.76 Å². The highest BCUT2D eigenvalue weighted by molar-refractivity contribution is 6.15. The summed E-state index contributed by atoms with van der Waals surface area (Å²) in [4.78, 5) is 13.1. The molecule has 0 N–H and O–H groups in total. The number of carbonyl (C=O) groups excluding carboxylic acids is 1. The first-order valence-corrected chi connectivity index (χ1v) is 11.0. The van der Waals surface area contributed by atoms with Gasteiger partial charge in [-0.25, -0.2) is 0 Å². The van der Waals surface area contributed by atoms with E-state index in [0.29, 0.717) is 23.7 Å². The fourth-order valence-corrected chi connectivity index (χ4v) is 4.29. The summed E-state index contributed by atoms with van der Waals surface area (Å²) in [5.74, 6) is 2.86. The number of aromatic nitrogens is 1. The van der Waals surface area contributed by atoms with E-state index in [1.54, 1.807) is 26.4 Å². The molecular weight excluding hydrogens is 430 g/mol. The molecule has 34 heavy (non-hydrogen) atoms. The number of hydrogen-bond donors (Lipinski definition) is 0. The molecule has 0 atom stereocenters. The molecule has 172 valence electrons. The number of ether oxygens (including phenoxy) is 4. The molecule has 2 heterocycles. The maximum absolute atomic E-state index is 13.1. The number of aryl methyl sites for hydroxylation is 1. The highest BCUT2D eigenvalue weighted by Crippen LogP contribution is 2.40. The first-order valence-electron chi connectivity index (χ1n) is 11.0. The smallest absolute Gasteiger partial charge is 0.231 e. The quantitative estimate of drug-likeness (QED) is 0.349. The molecule has 0 bridgehead atoms. The topological polar surface area (TPSA) is 58.9 Å². The molecule has 0 fully saturated rings. The fourth-order valence-electron chi connectivity index (χ4n) is 4.29. The van der Waals surface area contributed by atoms with Crippen LogP contribution < -0.4 is 18.9 Å². The minimum Gasteiger partial charge on any atom is -0.497 e. The largest absolute Gasteiger partial charge is 0.497 e. The van der Waals surface area contributed by atoms with Crippen molar-refractivity contribution >= 4 is 22.8 Å². The number of ketones is 1. The van der Waals surface area contributed by atoms with Crippen LogP contribution in [0.15, 0.2) is 66.6 Å². The summed E-state index contributed by atoms with van der Waals surface area (Å²) in [7, 11) is 5.25. The lowest BCUT2D eigenvalue weighted by Gasteiger charge is -2.13. The molecule has 5 rings (SSSR count). The van der Waals surface area contributed by atoms with Crippen LogP contribution in [0.5, 0.6) is 23.0 Å². The maximum Gasteiger partial charge on any atom is 0.231 e. The molecule has 1 aliphatic rings. The van der Waals surface area contributed by atoms with Gasteiger partial charge in [0, 0.05) is 40.8 Å². The first-order chi connectivity index (χ1) is 16.5. The predicted octanol–water partition coefficient (Wildman–Crippen LogP) is 5.70. The van der Waals surface area contributed by atoms with E-state index in [4.69, 9.17) is 18.9 Å². The number of methoxy groups -OCH3 is 2. The molecule has 0 unspecified atom stereocenters. The van der Waals surface area contributed by atoms with Crippen molar-refractivity contribution in [1.29, 1.82) is 0 Å². The van der Waals surface area contributed by atoms with Gasteiger partial charge in [-0.1, -0.05) is 18.2 Å². The Balaban J connectivity index is 1.44. The van der Waals surface area contributed by atoms with E-state index in [1.807, 2.05) is 73.3 Å². The summed E-state index contributed by atoms with van der Waals surface area (Å²) in [5.41, 5.74) is 4.18. The Morgan fingerprint density at radius 1 is 1.00 bits per heavy atom. The molecule has 0 aliphatic carbocycles. The summed E-state index contributed by atoms with van der Waals surface area (Å²) in [6.45, 7) is 2.24. The van der Waals surface area contributed by atoms with Crippen LogP contribution in [-0.2, 0) is 13.7 Å². The molecule has 0 saturated carbocycles. The zero-order chi connectivity index (χ0) is 23.8. The van der Waals surface area contributed by atoms with Gasteiger partial charge < -0.3 is 23.5 Å². The second-order valence-corrected chi connectivity index (χ2v) is 8.18. The van der Waals surface area contributed by atoms with Crippen molar-refractivity contribution in [2.45, 2.75) is 13.5 Å². The molecule has 0 radical (unpaired) electrons. The number of allylic oxidation sites excluding steroid dienone is 1. The minimum absolute atomic E-state index is 0.144. The van der Waals surface area contributed by atoms with E-state index in [1.165, 1.54) is 0 Å². The summed E-state index contributed by atoms with van der Waals surface area (Å²) in [5, 5.41) is 0.985. The van der Waals surface area contributed by atoms with Crippen molar-refractivity contribution < 1.29 is 23.7 Å². The number of nitrogens with zero attached hydrogens (tertiary/aromatic N) is 1. The van der Waals surface area contributed by atoms with Crippen LogP contribution in [0.25, 0.3) is 17.0 Å². The van der Waals surface area contributed by atoms with E-state index < -0.39 is 0 Å². The van der Waals surface area contributed by atoms with Crippen LogP contribution in [0.2, 0.25) is 0 Å². The summed E-state index contributed by atoms with van der Waals surface area (Å²) in [6, 6.07) is 17.2. The van der Waals surface area contributed by atoms with Crippen LogP contribution >= 0.6 is 0 Å². The summed E-state index contributed by atoms with van der Waals surface area (Å²) in [6.07, 6.45) is 3.77. The van der Waals surface area contributed by atoms with Gasteiger partial charge in [-0.05, 0) is 49.4 Å². The third kappa shape index (κ3) is 3.67. The van der Waals surface area contributed by atoms with Crippen molar-refractivity contribution in [3.8, 4) is 23.0 Å². The summed E-state index contributed by atoms with van der Waals surface area (Å²) < 4.78 is 24.9. The predicted molar refractivity (Wildman–Crippen MR) is 131 cm³/mol. The van der Waals surface area contributed by atoms with Crippen molar-refractivity contribution in [2.75, 3.05) is 14.2 Å². The van der Waals surface area contributed by atoms with Gasteiger partial charge in [0.1, 0.15) is 29.6 Å². The third-order valence-electron chi connectivity index (χ3n) is 6.13. The zero-order valence-electron chi connectivity index (χ0n) is 19.5. The number of rotatable bonds is 6. The van der Waals surface area contributed by atoms with Gasteiger partial charge in [0.05, 0.1) is 19.8 Å². The van der Waals surface area contributed by atoms with Crippen LogP contribution in [-0.4, -0.2) is 24.6 Å². The number of benzene rings is 3. The molecule has 6 heteroatoms. The second kappa shape index (κ2) is 8.63. The van der Waals surface area contributed by atoms with E-state index in [2.05, 4.69) is 0 Å². The Morgan fingerprint density at radius 2 is 1.82 bits per heavy atom. The lowest BCUT2D eigenvalue weighted by Crippen LogP contribution is -2.00. The third-order valence-corrected chi connectivity index (χ3v) is 6.13. The van der Waals surface area contributed by atoms with Gasteiger partial charge in [0.25, 0.3) is 0 Å². The van der Waals surface area contributed by atoms with Crippen LogP contribution in [0, 0.1) is 6.92 Å². The molecule has 0 spiro atoms. The zero-order valence-corrected chi connectivity index (χ0v) is 19.5. The fraction of sp³-hybridized carbons (Fsp3) is 0.179. The number of para-hydroxylation sites is 1. The van der Waals surface area contributed by atoms with Gasteiger partial charge in [-0.3, -0.25) is 4.79 Å². The molecular formula is C28H25NO5. The Bertz CT molecular complexity index is 1450. The second-order valence-electron chi connectivity index (χ2n) is 8.18. The highest BCUT2D eigenvalue weighted by atomic mass is 16.5. The standard InChI is InChI=1S/C28H25NO5/c1-17-24(33-16-18-7-5-6-8-25(18)32-4)12-10-21-27(30)26(34-28(17)21)13-19-15-29(2)23-11-9-20(31-3)14-22(19)23/h5-15H,16H2,1-4H3/b26-13+. The van der Waals surface area contributed by atoms with Crippen molar-refractivity contribution in [3.63, 3.8) is 0 Å². The Hall–Kier alpha value is -4.19. The molecule has 0 saturated heterocycles. The average Bonchev–Trinajstić information content (AvgIpc) is 3.35. The molecule has 6 nitrogen and oxygen atoms in total. The van der Waals surface area contributed by atoms with E-state index in [0.717, 1.165) is 39.1 Å². The number of Topliss-reactive ketones (excluding diaryl/α,β-unsaturated/α-hetero) is 1. The maximum atomic E-state index is 13.1. The average molecular weight is 456 g/mol. The molecule has 4 aromatic rings. The van der Waals surface area contributed by atoms with E-state index >= 15 is 0 Å². The van der Waals surface area contributed by atoms with Crippen LogP contribution in [0.3, 0.4) is 0 Å². The highest BCUT2D eigenvalue weighted by Gasteiger charge is 2.30. The minimum atomic E-state index is -0.144. The van der Waals surface area contributed by atoms with Crippen LogP contribution in [0.4, 0.5) is 0 Å². The van der Waals surface area contributed by atoms with Crippen LogP contribution in [0.1, 0.15) is 27.0 Å². The molecule has 1 aliphatic heterocycles. The lowest BCUT2D eigenvalue weighted by atomic mass is 10.1. The van der Waals surface area contributed by atoms with Crippen molar-refractivity contribution in [1.82, 2.24) is 4.57 Å². The first kappa shape index (κ1) is 21.6. The van der Waals surface area contributed by atoms with E-state index in [9.17, 15) is 4.79 Å². The van der Waals surface area contributed by atoms with Gasteiger partial charge >= 0.3 is 0 Å². The van der Waals surface area contributed by atoms with Crippen molar-refractivity contribution in [3.05, 3.63) is 88.8 Å². The lowest BCUT2D eigenvalue weighted by molar-refractivity contribution is 0.101. The molecule has 3 aromatic carbocycles. The van der Waals surface area contributed by atoms with Crippen molar-refractivity contribution in [2.24, 2.45) is 7.05 Å². The van der Waals surface area contributed by atoms with Gasteiger partial charge in [0.2, 0.25) is 5.78 Å². The Labute approximate surface area is 197 Å². The Morgan fingerprint density at radius 3 is 2.62 bits per heavy atom. The Kier molecular flexibility index (Phi) is 5.49. The number of fused-ring (bicyclic) bond motifs is 2. The summed E-state index contributed by atoms with van der Waals surface area (Å²) >= 11 is 0. The number of carbonyl (C=O) groups is 1. The van der Waals surface area contributed by atoms with Gasteiger partial charge in [-0.2, -0.15) is 0 Å².